The molecule has 0 unspecified atom stereocenters. The van der Waals surface area contributed by atoms with E-state index in [1.54, 1.807) is 0 Å². The Kier molecular flexibility index (Phi) is 3.63. The maximum Gasteiger partial charge on any atom is 0.328 e. The number of aromatic nitrogens is 1. The number of aliphatic hydroxyl groups is 1. The van der Waals surface area contributed by atoms with E-state index in [2.05, 4.69) is 4.98 Å². The van der Waals surface area contributed by atoms with Gasteiger partial charge in [-0.05, 0) is 36.0 Å². The van der Waals surface area contributed by atoms with Crippen molar-refractivity contribution in [2.75, 3.05) is 6.61 Å². The number of para-hydroxylation sites is 1. The monoisotopic (exact) mass is 290 g/mol. The predicted molar refractivity (Wildman–Crippen MR) is 84.4 cm³/mol. The molecule has 3 N–H and O–H groups in total. The topological polar surface area (TPSA) is 73.3 Å². The van der Waals surface area contributed by atoms with Crippen molar-refractivity contribution in [1.82, 2.24) is 4.98 Å². The molecule has 1 heterocycles. The van der Waals surface area contributed by atoms with Crippen LogP contribution in [0.15, 0.2) is 24.3 Å². The molecular formula is C17H21NO3. The fraction of sp³-hybridized carbons (Fsp3) is 0.353. The molecular weight excluding hydrogens is 266 g/mol. The number of benzene rings is 1. The van der Waals surface area contributed by atoms with Crippen molar-refractivity contribution in [3.05, 3.63) is 41.1 Å². The Morgan fingerprint density at radius 2 is 2.29 bits per heavy atom. The summed E-state index contributed by atoms with van der Waals surface area (Å²) in [7, 11) is 0. The summed E-state index contributed by atoms with van der Waals surface area (Å²) in [6.07, 6.45) is 1.68. The van der Waals surface area contributed by atoms with Crippen LogP contribution in [0.4, 0.5) is 0 Å². The van der Waals surface area contributed by atoms with Gasteiger partial charge in [-0.15, -0.1) is 0 Å². The molecule has 0 bridgehead atoms. The summed E-state index contributed by atoms with van der Waals surface area (Å²) in [5.74, 6) is -1.20. The summed E-state index contributed by atoms with van der Waals surface area (Å²) in [5, 5.41) is 19.4. The molecule has 0 spiro atoms. The van der Waals surface area contributed by atoms with Crippen molar-refractivity contribution in [3.8, 4) is 0 Å². The summed E-state index contributed by atoms with van der Waals surface area (Å²) >= 11 is 0. The van der Waals surface area contributed by atoms with Crippen LogP contribution < -0.4 is 0 Å². The lowest BCUT2D eigenvalue weighted by molar-refractivity contribution is -0.131. The van der Waals surface area contributed by atoms with Crippen molar-refractivity contribution >= 4 is 22.4 Å². The number of aryl methyl sites for hydroxylation is 1. The van der Waals surface area contributed by atoms with E-state index in [4.69, 9.17) is 9.22 Å². The third kappa shape index (κ3) is 3.00. The number of rotatable bonds is 6. The molecule has 0 amide bonds. The van der Waals surface area contributed by atoms with Gasteiger partial charge in [0.2, 0.25) is 0 Å². The van der Waals surface area contributed by atoms with E-state index < -0.39 is 12.8 Å². The minimum Gasteiger partial charge on any atom is -0.478 e. The molecule has 0 aliphatic heterocycles. The van der Waals surface area contributed by atoms with Crippen LogP contribution in [0.25, 0.3) is 16.5 Å². The number of allylic oxidation sites excluding steroid dienone is 1. The van der Waals surface area contributed by atoms with E-state index in [-0.39, 0.29) is 18.6 Å². The first-order valence-electron chi connectivity index (χ1n) is 8.44. The Bertz CT molecular complexity index is 775. The van der Waals surface area contributed by atoms with E-state index in [1.807, 2.05) is 25.1 Å². The molecule has 0 aliphatic carbocycles. The van der Waals surface area contributed by atoms with Crippen molar-refractivity contribution < 1.29 is 19.1 Å². The van der Waals surface area contributed by atoms with Gasteiger partial charge in [-0.1, -0.05) is 32.0 Å². The molecule has 1 aromatic carbocycles. The fourth-order valence-electron chi connectivity index (χ4n) is 2.64. The molecule has 2 aromatic rings. The maximum absolute atomic E-state index is 11.2. The second kappa shape index (κ2) is 6.59. The first-order chi connectivity index (χ1) is 11.3. The Balaban J connectivity index is 2.71. The van der Waals surface area contributed by atoms with Crippen LogP contribution >= 0.6 is 0 Å². The van der Waals surface area contributed by atoms with Crippen molar-refractivity contribution in [3.63, 3.8) is 0 Å². The van der Waals surface area contributed by atoms with Crippen molar-refractivity contribution in [2.45, 2.75) is 33.0 Å². The van der Waals surface area contributed by atoms with Crippen LogP contribution in [0, 0.1) is 0 Å². The van der Waals surface area contributed by atoms with Crippen LogP contribution in [0.2, 0.25) is 0 Å². The second-order valence-electron chi connectivity index (χ2n) is 4.83. The highest BCUT2D eigenvalue weighted by Gasteiger charge is 2.16. The molecule has 0 saturated heterocycles. The minimum atomic E-state index is -2.29. The molecule has 0 saturated carbocycles. The predicted octanol–water partition coefficient (Wildman–Crippen LogP) is 3.14. The second-order valence-corrected chi connectivity index (χ2v) is 4.83. The van der Waals surface area contributed by atoms with E-state index in [9.17, 15) is 9.90 Å². The quantitative estimate of drug-likeness (QED) is 0.716. The number of hydrogen-bond donors (Lipinski definition) is 3. The minimum absolute atomic E-state index is 0.107. The average molecular weight is 290 g/mol. The van der Waals surface area contributed by atoms with E-state index >= 15 is 0 Å². The standard InChI is InChI=1S/C17H21NO3/c1-3-11-6-5-7-13-14(8-9-19)17(18-16(11)13)12(4-2)10-15(20)21/h5-7,10,18-19H,3-4,8-9H2,1-2H3,(H,20,21)/b12-10+/i2D3. The van der Waals surface area contributed by atoms with E-state index in [0.717, 1.165) is 34.5 Å². The first-order valence-corrected chi connectivity index (χ1v) is 6.94. The number of fused-ring (bicyclic) bond motifs is 1. The lowest BCUT2D eigenvalue weighted by atomic mass is 10.00. The molecule has 2 rings (SSSR count). The lowest BCUT2D eigenvalue weighted by Gasteiger charge is -2.05. The third-order valence-corrected chi connectivity index (χ3v) is 3.58. The molecule has 0 atom stereocenters. The van der Waals surface area contributed by atoms with Crippen LogP contribution in [-0.4, -0.2) is 27.8 Å². The maximum atomic E-state index is 11.2. The molecule has 4 heteroatoms. The number of aromatic amines is 1. The number of hydrogen-bond acceptors (Lipinski definition) is 2. The first kappa shape index (κ1) is 11.6. The molecule has 4 nitrogen and oxygen atoms in total. The van der Waals surface area contributed by atoms with Crippen molar-refractivity contribution in [1.29, 1.82) is 0 Å². The molecule has 0 aliphatic rings. The van der Waals surface area contributed by atoms with Gasteiger partial charge in [0, 0.05) is 33.4 Å². The van der Waals surface area contributed by atoms with Crippen molar-refractivity contribution in [2.24, 2.45) is 0 Å². The summed E-state index contributed by atoms with van der Waals surface area (Å²) in [4.78, 5) is 14.4. The highest BCUT2D eigenvalue weighted by molar-refractivity contribution is 5.95. The zero-order valence-corrected chi connectivity index (χ0v) is 11.9. The largest absolute Gasteiger partial charge is 0.478 e. The van der Waals surface area contributed by atoms with E-state index in [0.29, 0.717) is 12.1 Å². The summed E-state index contributed by atoms with van der Waals surface area (Å²) in [6.45, 7) is -0.384. The number of carbonyl (C=O) groups is 1. The van der Waals surface area contributed by atoms with Gasteiger partial charge in [0.1, 0.15) is 0 Å². The molecule has 112 valence electrons. The molecule has 0 radical (unpaired) electrons. The van der Waals surface area contributed by atoms with Gasteiger partial charge in [0.25, 0.3) is 0 Å². The van der Waals surface area contributed by atoms with Gasteiger partial charge in [-0.3, -0.25) is 0 Å². The van der Waals surface area contributed by atoms with Gasteiger partial charge in [-0.25, -0.2) is 4.79 Å². The van der Waals surface area contributed by atoms with Gasteiger partial charge >= 0.3 is 5.97 Å². The molecule has 0 fully saturated rings. The van der Waals surface area contributed by atoms with Gasteiger partial charge < -0.3 is 15.2 Å². The molecule has 1 aromatic heterocycles. The van der Waals surface area contributed by atoms with E-state index in [1.165, 1.54) is 0 Å². The summed E-state index contributed by atoms with van der Waals surface area (Å²) < 4.78 is 22.4. The normalized spacial score (nSPS) is 14.8. The van der Waals surface area contributed by atoms with Crippen LogP contribution in [0.5, 0.6) is 0 Å². The Labute approximate surface area is 128 Å². The fourth-order valence-corrected chi connectivity index (χ4v) is 2.64. The molecule has 21 heavy (non-hydrogen) atoms. The Morgan fingerprint density at radius 3 is 2.90 bits per heavy atom. The zero-order valence-electron chi connectivity index (χ0n) is 14.9. The number of H-pyrrole nitrogens is 1. The van der Waals surface area contributed by atoms with Crippen LogP contribution in [0.1, 0.15) is 41.1 Å². The summed E-state index contributed by atoms with van der Waals surface area (Å²) in [5.41, 5.74) is 3.36. The third-order valence-electron chi connectivity index (χ3n) is 3.58. The van der Waals surface area contributed by atoms with Crippen LogP contribution in [0.3, 0.4) is 0 Å². The van der Waals surface area contributed by atoms with Gasteiger partial charge in [-0.2, -0.15) is 0 Å². The number of aliphatic carboxylic acids is 1. The lowest BCUT2D eigenvalue weighted by Crippen LogP contribution is -1.98. The SMILES string of the molecule is [2H]C([2H])([2H])C/C(=C\C(=O)O)c1[nH]c2c(CC)cccc2c1CCO. The van der Waals surface area contributed by atoms with Gasteiger partial charge in [0.05, 0.1) is 0 Å². The average Bonchev–Trinajstić information content (AvgIpc) is 2.84. The highest BCUT2D eigenvalue weighted by Crippen LogP contribution is 2.31. The number of aliphatic hydroxyl groups excluding tert-OH is 1. The number of carboxylic acids is 1. The summed E-state index contributed by atoms with van der Waals surface area (Å²) in [6, 6.07) is 5.77. The number of nitrogens with one attached hydrogen (secondary N) is 1. The number of carboxylic acid groups (broad SMARTS) is 1. The van der Waals surface area contributed by atoms with Crippen LogP contribution in [-0.2, 0) is 17.6 Å². The smallest absolute Gasteiger partial charge is 0.328 e. The zero-order chi connectivity index (χ0) is 17.9. The Morgan fingerprint density at radius 1 is 1.48 bits per heavy atom. The van der Waals surface area contributed by atoms with Gasteiger partial charge in [0.15, 0.2) is 0 Å². The Hall–Kier alpha value is -2.07. The highest BCUT2D eigenvalue weighted by atomic mass is 16.4.